The molecule has 0 saturated carbocycles. The summed E-state index contributed by atoms with van der Waals surface area (Å²) in [6.45, 7) is 3.05. The van der Waals surface area contributed by atoms with Crippen LogP contribution in [0.5, 0.6) is 0 Å². The second-order valence-corrected chi connectivity index (χ2v) is 4.24. The van der Waals surface area contributed by atoms with Crippen LogP contribution < -0.4 is 5.32 Å². The third kappa shape index (κ3) is 2.56. The molecule has 0 fully saturated rings. The summed E-state index contributed by atoms with van der Waals surface area (Å²) in [7, 11) is 3.93. The SMILES string of the molecule is CCc1nn(C)cc1-c1ccc(CNC)cc1. The first-order valence-corrected chi connectivity index (χ1v) is 6.01. The van der Waals surface area contributed by atoms with E-state index in [-0.39, 0.29) is 0 Å². The molecule has 0 unspecified atom stereocenters. The minimum absolute atomic E-state index is 0.911. The Morgan fingerprint density at radius 1 is 1.24 bits per heavy atom. The van der Waals surface area contributed by atoms with E-state index >= 15 is 0 Å². The van der Waals surface area contributed by atoms with Crippen LogP contribution >= 0.6 is 0 Å². The van der Waals surface area contributed by atoms with Gasteiger partial charge in [0.15, 0.2) is 0 Å². The van der Waals surface area contributed by atoms with Crippen LogP contribution in [0, 0.1) is 0 Å². The number of aromatic nitrogens is 2. The van der Waals surface area contributed by atoms with Gasteiger partial charge in [0.2, 0.25) is 0 Å². The molecule has 1 heterocycles. The highest BCUT2D eigenvalue weighted by atomic mass is 15.2. The molecule has 1 aromatic carbocycles. The van der Waals surface area contributed by atoms with Crippen molar-refractivity contribution >= 4 is 0 Å². The van der Waals surface area contributed by atoms with E-state index in [9.17, 15) is 0 Å². The van der Waals surface area contributed by atoms with Crippen molar-refractivity contribution in [3.8, 4) is 11.1 Å². The lowest BCUT2D eigenvalue weighted by Crippen LogP contribution is -2.04. The fourth-order valence-corrected chi connectivity index (χ4v) is 2.04. The van der Waals surface area contributed by atoms with Gasteiger partial charge in [0.05, 0.1) is 5.69 Å². The molecule has 17 heavy (non-hydrogen) atoms. The van der Waals surface area contributed by atoms with Gasteiger partial charge in [-0.25, -0.2) is 0 Å². The Morgan fingerprint density at radius 2 is 1.94 bits per heavy atom. The van der Waals surface area contributed by atoms with E-state index < -0.39 is 0 Å². The quantitative estimate of drug-likeness (QED) is 0.872. The number of hydrogen-bond donors (Lipinski definition) is 1. The Bertz CT molecular complexity index is 483. The van der Waals surface area contributed by atoms with Gasteiger partial charge in [-0.1, -0.05) is 31.2 Å². The molecule has 3 heteroatoms. The van der Waals surface area contributed by atoms with Crippen molar-refractivity contribution < 1.29 is 0 Å². The molecular weight excluding hydrogens is 210 g/mol. The topological polar surface area (TPSA) is 29.9 Å². The molecule has 2 rings (SSSR count). The molecule has 1 aromatic heterocycles. The molecule has 0 aliphatic heterocycles. The number of hydrogen-bond acceptors (Lipinski definition) is 2. The van der Waals surface area contributed by atoms with E-state index in [1.54, 1.807) is 0 Å². The Kier molecular flexibility index (Phi) is 3.59. The molecule has 0 saturated heterocycles. The maximum atomic E-state index is 4.47. The van der Waals surface area contributed by atoms with Crippen LogP contribution in [0.3, 0.4) is 0 Å². The fourth-order valence-electron chi connectivity index (χ4n) is 2.04. The molecule has 0 spiro atoms. The predicted octanol–water partition coefficient (Wildman–Crippen LogP) is 2.37. The lowest BCUT2D eigenvalue weighted by Gasteiger charge is -2.03. The minimum Gasteiger partial charge on any atom is -0.316 e. The number of nitrogens with one attached hydrogen (secondary N) is 1. The van der Waals surface area contributed by atoms with Crippen LogP contribution in [0.2, 0.25) is 0 Å². The third-order valence-electron chi connectivity index (χ3n) is 2.89. The molecular formula is C14H19N3. The first-order valence-electron chi connectivity index (χ1n) is 6.01. The van der Waals surface area contributed by atoms with E-state index in [1.165, 1.54) is 16.7 Å². The lowest BCUT2D eigenvalue weighted by molar-refractivity contribution is 0.746. The van der Waals surface area contributed by atoms with Crippen LogP contribution in [0.4, 0.5) is 0 Å². The molecule has 0 atom stereocenters. The molecule has 1 N–H and O–H groups in total. The Morgan fingerprint density at radius 3 is 2.53 bits per heavy atom. The van der Waals surface area contributed by atoms with Crippen molar-refractivity contribution in [2.75, 3.05) is 7.05 Å². The zero-order valence-electron chi connectivity index (χ0n) is 10.7. The molecule has 0 amide bonds. The van der Waals surface area contributed by atoms with Crippen molar-refractivity contribution in [2.24, 2.45) is 7.05 Å². The van der Waals surface area contributed by atoms with Crippen molar-refractivity contribution in [1.82, 2.24) is 15.1 Å². The highest BCUT2D eigenvalue weighted by Gasteiger charge is 2.07. The van der Waals surface area contributed by atoms with Crippen molar-refractivity contribution in [3.05, 3.63) is 41.7 Å². The van der Waals surface area contributed by atoms with Gasteiger partial charge in [0.1, 0.15) is 0 Å². The molecule has 0 aliphatic carbocycles. The van der Waals surface area contributed by atoms with Gasteiger partial charge in [-0.15, -0.1) is 0 Å². The molecule has 90 valence electrons. The normalized spacial score (nSPS) is 10.8. The molecule has 0 bridgehead atoms. The fraction of sp³-hybridized carbons (Fsp3) is 0.357. The number of benzene rings is 1. The first kappa shape index (κ1) is 11.9. The molecule has 0 radical (unpaired) electrons. The summed E-state index contributed by atoms with van der Waals surface area (Å²) in [6.07, 6.45) is 3.06. The second kappa shape index (κ2) is 5.15. The van der Waals surface area contributed by atoms with Crippen LogP contribution in [0.1, 0.15) is 18.2 Å². The highest BCUT2D eigenvalue weighted by molar-refractivity contribution is 5.65. The molecule has 0 aliphatic rings. The maximum absolute atomic E-state index is 4.47. The van der Waals surface area contributed by atoms with Crippen molar-refractivity contribution in [3.63, 3.8) is 0 Å². The predicted molar refractivity (Wildman–Crippen MR) is 70.8 cm³/mol. The summed E-state index contributed by atoms with van der Waals surface area (Å²) >= 11 is 0. The van der Waals surface area contributed by atoms with Crippen molar-refractivity contribution in [2.45, 2.75) is 19.9 Å². The summed E-state index contributed by atoms with van der Waals surface area (Å²) in [5, 5.41) is 7.62. The van der Waals surface area contributed by atoms with E-state index in [1.807, 2.05) is 18.8 Å². The monoisotopic (exact) mass is 229 g/mol. The Hall–Kier alpha value is -1.61. The van der Waals surface area contributed by atoms with Crippen molar-refractivity contribution in [1.29, 1.82) is 0 Å². The van der Waals surface area contributed by atoms with E-state index in [2.05, 4.69) is 47.8 Å². The molecule has 3 nitrogen and oxygen atoms in total. The van der Waals surface area contributed by atoms with Gasteiger partial charge in [0.25, 0.3) is 0 Å². The number of rotatable bonds is 4. The van der Waals surface area contributed by atoms with Gasteiger partial charge < -0.3 is 5.32 Å². The standard InChI is InChI=1S/C14H19N3/c1-4-14-13(10-17(3)16-14)12-7-5-11(6-8-12)9-15-2/h5-8,10,15H,4,9H2,1-3H3. The zero-order valence-corrected chi connectivity index (χ0v) is 10.7. The van der Waals surface area contributed by atoms with Crippen LogP contribution in [0.25, 0.3) is 11.1 Å². The van der Waals surface area contributed by atoms with Gasteiger partial charge >= 0.3 is 0 Å². The smallest absolute Gasteiger partial charge is 0.0700 e. The van der Waals surface area contributed by atoms with E-state index in [0.717, 1.165) is 18.7 Å². The zero-order chi connectivity index (χ0) is 12.3. The number of nitrogens with zero attached hydrogens (tertiary/aromatic N) is 2. The summed E-state index contributed by atoms with van der Waals surface area (Å²) in [5.74, 6) is 0. The minimum atomic E-state index is 0.911. The van der Waals surface area contributed by atoms with Gasteiger partial charge in [-0.05, 0) is 24.6 Å². The summed E-state index contributed by atoms with van der Waals surface area (Å²) in [4.78, 5) is 0. The van der Waals surface area contributed by atoms with Crippen LogP contribution in [-0.4, -0.2) is 16.8 Å². The number of aryl methyl sites for hydroxylation is 2. The van der Waals surface area contributed by atoms with Gasteiger partial charge in [-0.3, -0.25) is 4.68 Å². The van der Waals surface area contributed by atoms with Gasteiger partial charge in [0, 0.05) is 25.4 Å². The average molecular weight is 229 g/mol. The Balaban J connectivity index is 2.32. The van der Waals surface area contributed by atoms with E-state index in [4.69, 9.17) is 0 Å². The lowest BCUT2D eigenvalue weighted by atomic mass is 10.0. The second-order valence-electron chi connectivity index (χ2n) is 4.24. The average Bonchev–Trinajstić information content (AvgIpc) is 2.72. The highest BCUT2D eigenvalue weighted by Crippen LogP contribution is 2.23. The summed E-state index contributed by atoms with van der Waals surface area (Å²) in [5.41, 5.74) is 4.95. The third-order valence-corrected chi connectivity index (χ3v) is 2.89. The Labute approximate surface area is 102 Å². The first-order chi connectivity index (χ1) is 8.24. The molecule has 2 aromatic rings. The van der Waals surface area contributed by atoms with Crippen LogP contribution in [0.15, 0.2) is 30.5 Å². The van der Waals surface area contributed by atoms with E-state index in [0.29, 0.717) is 0 Å². The van der Waals surface area contributed by atoms with Crippen LogP contribution in [-0.2, 0) is 20.0 Å². The largest absolute Gasteiger partial charge is 0.316 e. The summed E-state index contributed by atoms with van der Waals surface area (Å²) in [6, 6.07) is 8.67. The van der Waals surface area contributed by atoms with Gasteiger partial charge in [-0.2, -0.15) is 5.10 Å². The maximum Gasteiger partial charge on any atom is 0.0700 e. The summed E-state index contributed by atoms with van der Waals surface area (Å²) < 4.78 is 1.88.